The highest BCUT2D eigenvalue weighted by Crippen LogP contribution is 2.14. The molecule has 5 heteroatoms. The fraction of sp³-hybridized carbons (Fsp3) is 1.00. The number of rotatable bonds is 14. The number of unbranched alkanes of at least 4 members (excludes halogenated alkanes) is 4. The Balaban J connectivity index is 4.18. The Labute approximate surface area is 120 Å². The summed E-state index contributed by atoms with van der Waals surface area (Å²) in [6, 6.07) is 0. The summed E-state index contributed by atoms with van der Waals surface area (Å²) in [7, 11) is -2.89. The van der Waals surface area contributed by atoms with Crippen LogP contribution in [-0.4, -0.2) is 35.5 Å². The van der Waals surface area contributed by atoms with E-state index in [-0.39, 0.29) is 0 Å². The molecule has 0 aliphatic rings. The molecule has 0 N–H and O–H groups in total. The average Bonchev–Trinajstić information content (AvgIpc) is 2.39. The Morgan fingerprint density at radius 1 is 0.579 bits per heavy atom. The van der Waals surface area contributed by atoms with Gasteiger partial charge in [0.25, 0.3) is 0 Å². The van der Waals surface area contributed by atoms with Crippen molar-refractivity contribution in [2.45, 2.75) is 66.2 Å². The van der Waals surface area contributed by atoms with Gasteiger partial charge < -0.3 is 17.7 Å². The third kappa shape index (κ3) is 9.57. The minimum atomic E-state index is -2.89. The standard InChI is InChI=1S/C14H32O4Si/c1-5-9-11-12-14-18-19(15-7-3,16-8-4)17-13-10-6-2/h5-14H2,1-4H3. The highest BCUT2D eigenvalue weighted by molar-refractivity contribution is 6.53. The van der Waals surface area contributed by atoms with E-state index in [4.69, 9.17) is 17.7 Å². The lowest BCUT2D eigenvalue weighted by Gasteiger charge is -2.27. The van der Waals surface area contributed by atoms with E-state index >= 15 is 0 Å². The van der Waals surface area contributed by atoms with Crippen molar-refractivity contribution in [2.75, 3.05) is 26.4 Å². The zero-order valence-electron chi connectivity index (χ0n) is 13.2. The molecule has 0 radical (unpaired) electrons. The summed E-state index contributed by atoms with van der Waals surface area (Å²) in [4.78, 5) is 0. The second-order valence-corrected chi connectivity index (χ2v) is 6.63. The van der Waals surface area contributed by atoms with Crippen molar-refractivity contribution in [2.24, 2.45) is 0 Å². The first-order chi connectivity index (χ1) is 9.24. The molecule has 0 aliphatic heterocycles. The molecule has 0 amide bonds. The van der Waals surface area contributed by atoms with Crippen LogP contribution in [0.25, 0.3) is 0 Å². The van der Waals surface area contributed by atoms with E-state index in [1.807, 2.05) is 13.8 Å². The van der Waals surface area contributed by atoms with Crippen molar-refractivity contribution in [3.05, 3.63) is 0 Å². The van der Waals surface area contributed by atoms with E-state index in [0.29, 0.717) is 26.4 Å². The molecule has 0 rings (SSSR count). The molecule has 0 atom stereocenters. The Morgan fingerprint density at radius 2 is 1.11 bits per heavy atom. The highest BCUT2D eigenvalue weighted by Gasteiger charge is 2.44. The average molecular weight is 292 g/mol. The van der Waals surface area contributed by atoms with E-state index in [2.05, 4.69) is 13.8 Å². The minimum Gasteiger partial charge on any atom is -0.351 e. The van der Waals surface area contributed by atoms with Gasteiger partial charge in [-0.15, -0.1) is 0 Å². The lowest BCUT2D eigenvalue weighted by atomic mass is 10.2. The second-order valence-electron chi connectivity index (χ2n) is 4.48. The van der Waals surface area contributed by atoms with Gasteiger partial charge in [-0.05, 0) is 26.7 Å². The second kappa shape index (κ2) is 13.1. The quantitative estimate of drug-likeness (QED) is 0.359. The van der Waals surface area contributed by atoms with Crippen LogP contribution in [0.15, 0.2) is 0 Å². The Morgan fingerprint density at radius 3 is 1.58 bits per heavy atom. The normalized spacial score (nSPS) is 12.0. The summed E-state index contributed by atoms with van der Waals surface area (Å²) in [6.45, 7) is 10.7. The Hall–Kier alpha value is 0.0569. The van der Waals surface area contributed by atoms with E-state index in [0.717, 1.165) is 19.3 Å². The molecule has 0 saturated heterocycles. The molecule has 0 aromatic carbocycles. The zero-order valence-corrected chi connectivity index (χ0v) is 14.2. The largest absolute Gasteiger partial charge is 0.679 e. The summed E-state index contributed by atoms with van der Waals surface area (Å²) in [5, 5.41) is 0. The van der Waals surface area contributed by atoms with Crippen LogP contribution in [0.3, 0.4) is 0 Å². The zero-order chi connectivity index (χ0) is 14.4. The van der Waals surface area contributed by atoms with Crippen molar-refractivity contribution in [1.82, 2.24) is 0 Å². The van der Waals surface area contributed by atoms with Gasteiger partial charge in [0.15, 0.2) is 0 Å². The van der Waals surface area contributed by atoms with Gasteiger partial charge in [0, 0.05) is 26.4 Å². The SMILES string of the molecule is CCCCCCO[Si](OCC)(OCC)OCCCC. The van der Waals surface area contributed by atoms with Crippen LogP contribution in [0.1, 0.15) is 66.2 Å². The topological polar surface area (TPSA) is 36.9 Å². The van der Waals surface area contributed by atoms with Gasteiger partial charge in [-0.2, -0.15) is 0 Å². The maximum atomic E-state index is 5.88. The van der Waals surface area contributed by atoms with Crippen LogP contribution in [0.5, 0.6) is 0 Å². The van der Waals surface area contributed by atoms with E-state index in [1.165, 1.54) is 19.3 Å². The van der Waals surface area contributed by atoms with Gasteiger partial charge in [0.05, 0.1) is 0 Å². The minimum absolute atomic E-state index is 0.563. The first-order valence-electron chi connectivity index (χ1n) is 7.80. The predicted octanol–water partition coefficient (Wildman–Crippen LogP) is 3.91. The molecule has 0 aromatic heterocycles. The van der Waals surface area contributed by atoms with E-state index in [9.17, 15) is 0 Å². The number of hydrogen-bond acceptors (Lipinski definition) is 4. The lowest BCUT2D eigenvalue weighted by Crippen LogP contribution is -2.49. The molecule has 0 bridgehead atoms. The molecular weight excluding hydrogens is 260 g/mol. The van der Waals surface area contributed by atoms with Crippen molar-refractivity contribution >= 4 is 9.05 Å². The summed E-state index contributed by atoms with van der Waals surface area (Å²) in [5.41, 5.74) is 0. The summed E-state index contributed by atoms with van der Waals surface area (Å²) in [6.07, 6.45) is 6.81. The Bertz CT molecular complexity index is 184. The van der Waals surface area contributed by atoms with Crippen LogP contribution >= 0.6 is 0 Å². The molecule has 0 fully saturated rings. The van der Waals surface area contributed by atoms with Crippen molar-refractivity contribution in [3.8, 4) is 0 Å². The highest BCUT2D eigenvalue weighted by atomic mass is 28.4. The van der Waals surface area contributed by atoms with Crippen LogP contribution in [-0.2, 0) is 17.7 Å². The van der Waals surface area contributed by atoms with Crippen LogP contribution < -0.4 is 0 Å². The van der Waals surface area contributed by atoms with Gasteiger partial charge in [0.2, 0.25) is 0 Å². The van der Waals surface area contributed by atoms with E-state index < -0.39 is 9.05 Å². The molecule has 0 aliphatic carbocycles. The fourth-order valence-electron chi connectivity index (χ4n) is 1.67. The van der Waals surface area contributed by atoms with Crippen LogP contribution in [0, 0.1) is 0 Å². The third-order valence-electron chi connectivity index (χ3n) is 2.70. The molecule has 0 unspecified atom stereocenters. The molecule has 4 nitrogen and oxygen atoms in total. The number of hydrogen-bond donors (Lipinski definition) is 0. The molecule has 0 saturated carbocycles. The van der Waals surface area contributed by atoms with Gasteiger partial charge in [-0.3, -0.25) is 0 Å². The van der Waals surface area contributed by atoms with Crippen molar-refractivity contribution < 1.29 is 17.7 Å². The first-order valence-corrected chi connectivity index (χ1v) is 9.43. The van der Waals surface area contributed by atoms with Crippen LogP contribution in [0.4, 0.5) is 0 Å². The molecule has 0 spiro atoms. The first kappa shape index (κ1) is 19.1. The summed E-state index contributed by atoms with van der Waals surface area (Å²) < 4.78 is 23.1. The van der Waals surface area contributed by atoms with Gasteiger partial charge in [-0.1, -0.05) is 39.5 Å². The van der Waals surface area contributed by atoms with Crippen molar-refractivity contribution in [1.29, 1.82) is 0 Å². The van der Waals surface area contributed by atoms with Gasteiger partial charge >= 0.3 is 9.05 Å². The predicted molar refractivity (Wildman–Crippen MR) is 80.0 cm³/mol. The monoisotopic (exact) mass is 292 g/mol. The fourth-order valence-corrected chi connectivity index (χ4v) is 3.67. The van der Waals surface area contributed by atoms with Gasteiger partial charge in [-0.25, -0.2) is 0 Å². The third-order valence-corrected chi connectivity index (χ3v) is 5.10. The maximum Gasteiger partial charge on any atom is 0.679 e. The van der Waals surface area contributed by atoms with Gasteiger partial charge in [0.1, 0.15) is 0 Å². The molecule has 19 heavy (non-hydrogen) atoms. The van der Waals surface area contributed by atoms with Crippen molar-refractivity contribution in [3.63, 3.8) is 0 Å². The maximum absolute atomic E-state index is 5.88. The molecule has 116 valence electrons. The molecular formula is C14H32O4Si. The smallest absolute Gasteiger partial charge is 0.351 e. The van der Waals surface area contributed by atoms with E-state index in [1.54, 1.807) is 0 Å². The summed E-state index contributed by atoms with van der Waals surface area (Å²) in [5.74, 6) is 0. The summed E-state index contributed by atoms with van der Waals surface area (Å²) >= 11 is 0. The molecule has 0 aromatic rings. The van der Waals surface area contributed by atoms with Crippen LogP contribution in [0.2, 0.25) is 0 Å². The molecule has 0 heterocycles. The Kier molecular flexibility index (Phi) is 13.1. The lowest BCUT2D eigenvalue weighted by molar-refractivity contribution is -0.0311.